The molecule has 1 amide bonds. The largest absolute Gasteiger partial charge is 0.348 e. The van der Waals surface area contributed by atoms with Crippen LogP contribution in [0, 0.1) is 18.7 Å². The van der Waals surface area contributed by atoms with Gasteiger partial charge in [0.2, 0.25) is 0 Å². The number of carbonyl (C=O) groups is 1. The summed E-state index contributed by atoms with van der Waals surface area (Å²) in [5.74, 6) is -0.297. The molecule has 6 heteroatoms. The zero-order valence-corrected chi connectivity index (χ0v) is 18.1. The van der Waals surface area contributed by atoms with Gasteiger partial charge in [-0.05, 0) is 49.6 Å². The summed E-state index contributed by atoms with van der Waals surface area (Å²) in [5, 5.41) is 8.62. The molecule has 1 atom stereocenters. The first kappa shape index (κ1) is 20.7. The molecule has 0 bridgehead atoms. The predicted octanol–water partition coefficient (Wildman–Crippen LogP) is 5.31. The van der Waals surface area contributed by atoms with Crippen molar-refractivity contribution >= 4 is 16.9 Å². The summed E-state index contributed by atoms with van der Waals surface area (Å²) in [4.78, 5) is 17.5. The van der Waals surface area contributed by atoms with Gasteiger partial charge in [-0.1, -0.05) is 50.2 Å². The average molecular weight is 417 g/mol. The third kappa shape index (κ3) is 4.06. The van der Waals surface area contributed by atoms with Crippen LogP contribution in [0.3, 0.4) is 0 Å². The van der Waals surface area contributed by atoms with Crippen LogP contribution in [0.1, 0.15) is 36.8 Å². The Hall–Kier alpha value is -3.54. The summed E-state index contributed by atoms with van der Waals surface area (Å²) < 4.78 is 15.6. The Labute approximate surface area is 180 Å². The van der Waals surface area contributed by atoms with E-state index >= 15 is 0 Å². The molecule has 1 N–H and O–H groups in total. The maximum absolute atomic E-state index is 14.0. The summed E-state index contributed by atoms with van der Waals surface area (Å²) in [5.41, 5.74) is 3.94. The summed E-state index contributed by atoms with van der Waals surface area (Å²) in [6.45, 7) is 8.02. The Morgan fingerprint density at radius 2 is 1.77 bits per heavy atom. The average Bonchev–Trinajstić information content (AvgIpc) is 3.14. The monoisotopic (exact) mass is 416 g/mol. The molecule has 0 aliphatic carbocycles. The van der Waals surface area contributed by atoms with E-state index in [-0.39, 0.29) is 17.8 Å². The minimum absolute atomic E-state index is 0.0123. The van der Waals surface area contributed by atoms with Crippen molar-refractivity contribution in [2.45, 2.75) is 33.7 Å². The van der Waals surface area contributed by atoms with E-state index in [1.165, 1.54) is 12.1 Å². The van der Waals surface area contributed by atoms with E-state index in [1.54, 1.807) is 22.9 Å². The van der Waals surface area contributed by atoms with E-state index in [1.807, 2.05) is 44.2 Å². The number of halogens is 1. The van der Waals surface area contributed by atoms with Crippen molar-refractivity contribution in [3.63, 3.8) is 0 Å². The molecule has 2 aromatic carbocycles. The number of aromatic nitrogens is 3. The van der Waals surface area contributed by atoms with E-state index in [0.717, 1.165) is 22.2 Å². The Morgan fingerprint density at radius 1 is 1.03 bits per heavy atom. The van der Waals surface area contributed by atoms with Crippen molar-refractivity contribution in [3.05, 3.63) is 77.7 Å². The fraction of sp³-hybridized carbons (Fsp3) is 0.240. The van der Waals surface area contributed by atoms with Gasteiger partial charge in [-0.15, -0.1) is 0 Å². The molecule has 31 heavy (non-hydrogen) atoms. The number of benzene rings is 2. The lowest BCUT2D eigenvalue weighted by atomic mass is 10.0. The van der Waals surface area contributed by atoms with E-state index in [4.69, 9.17) is 5.10 Å². The molecule has 0 spiro atoms. The Morgan fingerprint density at radius 3 is 2.45 bits per heavy atom. The molecule has 0 aliphatic rings. The molecule has 2 aromatic heterocycles. The van der Waals surface area contributed by atoms with Gasteiger partial charge >= 0.3 is 0 Å². The number of hydrogen-bond donors (Lipinski definition) is 1. The van der Waals surface area contributed by atoms with Crippen molar-refractivity contribution < 1.29 is 9.18 Å². The molecule has 1 unspecified atom stereocenters. The van der Waals surface area contributed by atoms with Crippen LogP contribution in [0.5, 0.6) is 0 Å². The molecule has 5 nitrogen and oxygen atoms in total. The number of fused-ring (bicyclic) bond motifs is 1. The summed E-state index contributed by atoms with van der Waals surface area (Å²) in [7, 11) is 0. The van der Waals surface area contributed by atoms with Crippen molar-refractivity contribution in [3.8, 4) is 16.9 Å². The number of amides is 1. The molecule has 158 valence electrons. The topological polar surface area (TPSA) is 59.8 Å². The molecule has 2 heterocycles. The second-order valence-corrected chi connectivity index (χ2v) is 8.14. The first-order valence-corrected chi connectivity index (χ1v) is 10.4. The maximum Gasteiger partial charge on any atom is 0.270 e. The number of nitrogens with one attached hydrogen (secondary N) is 1. The van der Waals surface area contributed by atoms with Crippen LogP contribution in [0.15, 0.2) is 60.7 Å². The predicted molar refractivity (Wildman–Crippen MR) is 121 cm³/mol. The van der Waals surface area contributed by atoms with Gasteiger partial charge in [0.1, 0.15) is 17.2 Å². The zero-order chi connectivity index (χ0) is 22.1. The fourth-order valence-electron chi connectivity index (χ4n) is 3.45. The summed E-state index contributed by atoms with van der Waals surface area (Å²) in [6.07, 6.45) is 0. The quantitative estimate of drug-likeness (QED) is 0.480. The molecule has 4 rings (SSSR count). The first-order valence-electron chi connectivity index (χ1n) is 10.4. The molecule has 4 aromatic rings. The smallest absolute Gasteiger partial charge is 0.270 e. The fourth-order valence-corrected chi connectivity index (χ4v) is 3.45. The van der Waals surface area contributed by atoms with E-state index in [0.29, 0.717) is 22.9 Å². The second-order valence-electron chi connectivity index (χ2n) is 8.14. The Bertz CT molecular complexity index is 1250. The van der Waals surface area contributed by atoms with Gasteiger partial charge in [-0.25, -0.2) is 14.1 Å². The highest BCUT2D eigenvalue weighted by Gasteiger charge is 2.21. The first-order chi connectivity index (χ1) is 14.8. The summed E-state index contributed by atoms with van der Waals surface area (Å²) >= 11 is 0. The van der Waals surface area contributed by atoms with Crippen LogP contribution >= 0.6 is 0 Å². The number of pyridine rings is 1. The van der Waals surface area contributed by atoms with Gasteiger partial charge in [0.15, 0.2) is 5.65 Å². The number of rotatable bonds is 5. The van der Waals surface area contributed by atoms with Crippen molar-refractivity contribution in [1.82, 2.24) is 20.1 Å². The van der Waals surface area contributed by atoms with Gasteiger partial charge in [-0.3, -0.25) is 4.79 Å². The molecule has 0 radical (unpaired) electrons. The Balaban J connectivity index is 1.93. The minimum Gasteiger partial charge on any atom is -0.348 e. The lowest BCUT2D eigenvalue weighted by Crippen LogP contribution is -2.36. The van der Waals surface area contributed by atoms with Crippen molar-refractivity contribution in [2.75, 3.05) is 0 Å². The number of nitrogens with zero attached hydrogens (tertiary/aromatic N) is 3. The number of hydrogen-bond acceptors (Lipinski definition) is 3. The number of carbonyl (C=O) groups excluding carboxylic acids is 1. The third-order valence-corrected chi connectivity index (χ3v) is 5.53. The van der Waals surface area contributed by atoms with Crippen LogP contribution in [-0.2, 0) is 0 Å². The molecule has 0 fully saturated rings. The maximum atomic E-state index is 14.0. The van der Waals surface area contributed by atoms with Crippen molar-refractivity contribution in [1.29, 1.82) is 0 Å². The lowest BCUT2D eigenvalue weighted by Gasteiger charge is -2.17. The van der Waals surface area contributed by atoms with Crippen LogP contribution in [-0.4, -0.2) is 26.7 Å². The third-order valence-electron chi connectivity index (χ3n) is 5.53. The standard InChI is InChI=1S/C25H25FN4O/c1-15(2)17(4)27-25(31)21-13-16(3)22-23(18-9-6-5-7-10-18)29-30(24(22)28-21)20-12-8-11-19(26)14-20/h5-15,17H,1-4H3,(H,27,31). The zero-order valence-electron chi connectivity index (χ0n) is 18.1. The van der Waals surface area contributed by atoms with Gasteiger partial charge < -0.3 is 5.32 Å². The molecule has 0 saturated heterocycles. The highest BCUT2D eigenvalue weighted by atomic mass is 19.1. The van der Waals surface area contributed by atoms with Gasteiger partial charge in [-0.2, -0.15) is 5.10 Å². The Kier molecular flexibility index (Phi) is 5.55. The molecular formula is C25H25FN4O. The molecule has 0 aliphatic heterocycles. The SMILES string of the molecule is Cc1cc(C(=O)NC(C)C(C)C)nc2c1c(-c1ccccc1)nn2-c1cccc(F)c1. The summed E-state index contributed by atoms with van der Waals surface area (Å²) in [6, 6.07) is 17.8. The van der Waals surface area contributed by atoms with Crippen LogP contribution in [0.4, 0.5) is 4.39 Å². The van der Waals surface area contributed by atoms with Crippen LogP contribution in [0.2, 0.25) is 0 Å². The van der Waals surface area contributed by atoms with E-state index < -0.39 is 0 Å². The van der Waals surface area contributed by atoms with Gasteiger partial charge in [0.25, 0.3) is 5.91 Å². The van der Waals surface area contributed by atoms with Crippen molar-refractivity contribution in [2.24, 2.45) is 5.92 Å². The number of aryl methyl sites for hydroxylation is 1. The molecule has 0 saturated carbocycles. The van der Waals surface area contributed by atoms with E-state index in [2.05, 4.69) is 24.1 Å². The second kappa shape index (κ2) is 8.30. The van der Waals surface area contributed by atoms with Gasteiger partial charge in [0.05, 0.1) is 11.1 Å². The minimum atomic E-state index is -0.362. The highest BCUT2D eigenvalue weighted by molar-refractivity contribution is 5.99. The normalized spacial score (nSPS) is 12.3. The highest BCUT2D eigenvalue weighted by Crippen LogP contribution is 2.31. The van der Waals surface area contributed by atoms with Gasteiger partial charge in [0, 0.05) is 11.6 Å². The van der Waals surface area contributed by atoms with Crippen LogP contribution < -0.4 is 5.32 Å². The van der Waals surface area contributed by atoms with Crippen LogP contribution in [0.25, 0.3) is 28.0 Å². The van der Waals surface area contributed by atoms with E-state index in [9.17, 15) is 9.18 Å². The molecular weight excluding hydrogens is 391 g/mol. The lowest BCUT2D eigenvalue weighted by molar-refractivity contribution is 0.0925.